The van der Waals surface area contributed by atoms with Crippen LogP contribution >= 0.6 is 11.8 Å². The molecular formula is C13H20N4O3S. The van der Waals surface area contributed by atoms with E-state index in [-0.39, 0.29) is 5.75 Å². The fourth-order valence-corrected chi connectivity index (χ4v) is 2.96. The van der Waals surface area contributed by atoms with Gasteiger partial charge in [-0.05, 0) is 20.3 Å². The second-order valence-corrected chi connectivity index (χ2v) is 5.60. The highest BCUT2D eigenvalue weighted by molar-refractivity contribution is 7.99. The molecule has 0 aliphatic heterocycles. The average molecular weight is 312 g/mol. The molecule has 116 valence electrons. The van der Waals surface area contributed by atoms with Gasteiger partial charge in [0.1, 0.15) is 5.52 Å². The molecular weight excluding hydrogens is 292 g/mol. The molecule has 2 rings (SSSR count). The minimum atomic E-state index is -0.845. The highest BCUT2D eigenvalue weighted by Crippen LogP contribution is 2.26. The number of nitrogens with zero attached hydrogens (tertiary/aromatic N) is 4. The third-order valence-corrected chi connectivity index (χ3v) is 4.02. The Bertz CT molecular complexity index is 635. The van der Waals surface area contributed by atoms with Gasteiger partial charge in [-0.1, -0.05) is 11.8 Å². The van der Waals surface area contributed by atoms with E-state index in [1.807, 2.05) is 25.5 Å². The van der Waals surface area contributed by atoms with Gasteiger partial charge in [0, 0.05) is 26.8 Å². The van der Waals surface area contributed by atoms with Gasteiger partial charge in [-0.2, -0.15) is 5.10 Å². The molecule has 2 aromatic heterocycles. The highest BCUT2D eigenvalue weighted by atomic mass is 32.2. The Morgan fingerprint density at radius 1 is 1.48 bits per heavy atom. The number of carboxylic acids is 1. The van der Waals surface area contributed by atoms with Crippen molar-refractivity contribution in [3.8, 4) is 0 Å². The van der Waals surface area contributed by atoms with Gasteiger partial charge in [-0.3, -0.25) is 9.48 Å². The van der Waals surface area contributed by atoms with E-state index in [1.54, 1.807) is 4.68 Å². The summed E-state index contributed by atoms with van der Waals surface area (Å²) in [5, 5.41) is 13.9. The van der Waals surface area contributed by atoms with Crippen LogP contribution in [0.2, 0.25) is 0 Å². The predicted molar refractivity (Wildman–Crippen MR) is 80.7 cm³/mol. The first-order valence-electron chi connectivity index (χ1n) is 6.86. The molecule has 0 atom stereocenters. The maximum absolute atomic E-state index is 10.8. The highest BCUT2D eigenvalue weighted by Gasteiger charge is 2.18. The average Bonchev–Trinajstić information content (AvgIpc) is 2.92. The van der Waals surface area contributed by atoms with Gasteiger partial charge in [-0.15, -0.1) is 0 Å². The molecule has 2 aromatic rings. The van der Waals surface area contributed by atoms with E-state index in [9.17, 15) is 4.79 Å². The second kappa shape index (κ2) is 6.95. The number of thioether (sulfide) groups is 1. The number of carboxylic acid groups (broad SMARTS) is 1. The number of rotatable bonds is 8. The van der Waals surface area contributed by atoms with Crippen LogP contribution in [0, 0.1) is 6.92 Å². The molecule has 0 unspecified atom stereocenters. The molecule has 0 spiro atoms. The van der Waals surface area contributed by atoms with Gasteiger partial charge in [0.15, 0.2) is 10.8 Å². The van der Waals surface area contributed by atoms with Crippen LogP contribution in [0.3, 0.4) is 0 Å². The Kier molecular flexibility index (Phi) is 5.24. The third-order valence-electron chi connectivity index (χ3n) is 3.05. The van der Waals surface area contributed by atoms with Gasteiger partial charge in [0.05, 0.1) is 11.4 Å². The van der Waals surface area contributed by atoms with Gasteiger partial charge < -0.3 is 14.4 Å². The van der Waals surface area contributed by atoms with Gasteiger partial charge in [0.25, 0.3) is 0 Å². The maximum atomic E-state index is 10.8. The molecule has 0 saturated heterocycles. The number of aliphatic carboxylic acids is 1. The molecule has 0 aliphatic rings. The zero-order chi connectivity index (χ0) is 15.4. The van der Waals surface area contributed by atoms with Gasteiger partial charge >= 0.3 is 5.97 Å². The first kappa shape index (κ1) is 15.8. The number of aryl methyl sites for hydroxylation is 3. The molecule has 21 heavy (non-hydrogen) atoms. The molecule has 2 heterocycles. The fourth-order valence-electron chi connectivity index (χ4n) is 2.22. The Labute approximate surface area is 127 Å². The number of aromatic nitrogens is 4. The summed E-state index contributed by atoms with van der Waals surface area (Å²) in [7, 11) is 1.88. The molecule has 8 heteroatoms. The molecule has 7 nitrogen and oxygen atoms in total. The van der Waals surface area contributed by atoms with Crippen LogP contribution in [0.25, 0.3) is 11.2 Å². The van der Waals surface area contributed by atoms with Crippen LogP contribution < -0.4 is 0 Å². The summed E-state index contributed by atoms with van der Waals surface area (Å²) in [6, 6.07) is 0. The van der Waals surface area contributed by atoms with Crippen LogP contribution in [0.5, 0.6) is 0 Å². The number of carbonyl (C=O) groups is 1. The minimum absolute atomic E-state index is 0.00125. The molecule has 0 fully saturated rings. The van der Waals surface area contributed by atoms with Crippen molar-refractivity contribution in [2.45, 2.75) is 32.0 Å². The Morgan fingerprint density at radius 3 is 2.90 bits per heavy atom. The summed E-state index contributed by atoms with van der Waals surface area (Å²) in [6.45, 7) is 5.98. The van der Waals surface area contributed by atoms with Crippen molar-refractivity contribution in [3.05, 3.63) is 5.69 Å². The van der Waals surface area contributed by atoms with Crippen molar-refractivity contribution >= 4 is 28.9 Å². The number of fused-ring (bicyclic) bond motifs is 1. The van der Waals surface area contributed by atoms with Crippen molar-refractivity contribution in [1.29, 1.82) is 0 Å². The zero-order valence-electron chi connectivity index (χ0n) is 12.5. The van der Waals surface area contributed by atoms with Crippen molar-refractivity contribution in [2.24, 2.45) is 7.05 Å². The second-order valence-electron chi connectivity index (χ2n) is 4.66. The standard InChI is InChI=1S/C13H20N4O3S/c1-4-20-7-5-6-17-12-11(9(2)15-16(12)3)14-13(17)21-8-10(18)19/h4-8H2,1-3H3,(H,18,19). The summed E-state index contributed by atoms with van der Waals surface area (Å²) in [5.74, 6) is -0.843. The largest absolute Gasteiger partial charge is 0.481 e. The fraction of sp³-hybridized carbons (Fsp3) is 0.615. The van der Waals surface area contributed by atoms with Crippen LogP contribution in [0.4, 0.5) is 0 Å². The number of hydrogen-bond donors (Lipinski definition) is 1. The van der Waals surface area contributed by atoms with E-state index in [0.717, 1.165) is 35.0 Å². The van der Waals surface area contributed by atoms with Crippen molar-refractivity contribution in [1.82, 2.24) is 19.3 Å². The summed E-state index contributed by atoms with van der Waals surface area (Å²) in [4.78, 5) is 15.3. The van der Waals surface area contributed by atoms with E-state index in [4.69, 9.17) is 9.84 Å². The molecule has 0 aliphatic carbocycles. The first-order valence-corrected chi connectivity index (χ1v) is 7.85. The lowest BCUT2D eigenvalue weighted by molar-refractivity contribution is -0.133. The lowest BCUT2D eigenvalue weighted by atomic mass is 10.4. The predicted octanol–water partition coefficient (Wildman–Crippen LogP) is 1.68. The summed E-state index contributed by atoms with van der Waals surface area (Å²) < 4.78 is 9.18. The maximum Gasteiger partial charge on any atom is 0.313 e. The summed E-state index contributed by atoms with van der Waals surface area (Å²) >= 11 is 1.24. The molecule has 0 saturated carbocycles. The van der Waals surface area contributed by atoms with E-state index < -0.39 is 5.97 Å². The Morgan fingerprint density at radius 2 is 2.24 bits per heavy atom. The van der Waals surface area contributed by atoms with Gasteiger partial charge in [-0.25, -0.2) is 4.98 Å². The van der Waals surface area contributed by atoms with E-state index in [1.165, 1.54) is 11.8 Å². The summed E-state index contributed by atoms with van der Waals surface area (Å²) in [6.07, 6.45) is 0.851. The van der Waals surface area contributed by atoms with Crippen LogP contribution in [0.1, 0.15) is 19.0 Å². The Balaban J connectivity index is 2.27. The van der Waals surface area contributed by atoms with Crippen LogP contribution in [0.15, 0.2) is 5.16 Å². The Hall–Kier alpha value is -1.54. The monoisotopic (exact) mass is 312 g/mol. The SMILES string of the molecule is CCOCCCn1c(SCC(=O)O)nc2c(C)nn(C)c21. The lowest BCUT2D eigenvalue weighted by Gasteiger charge is -2.08. The van der Waals surface area contributed by atoms with Crippen LogP contribution in [-0.4, -0.2) is 49.4 Å². The quantitative estimate of drug-likeness (QED) is 0.590. The molecule has 0 aromatic carbocycles. The normalized spacial score (nSPS) is 11.4. The van der Waals surface area contributed by atoms with Crippen molar-refractivity contribution < 1.29 is 14.6 Å². The minimum Gasteiger partial charge on any atom is -0.481 e. The smallest absolute Gasteiger partial charge is 0.313 e. The summed E-state index contributed by atoms with van der Waals surface area (Å²) in [5.41, 5.74) is 2.62. The third kappa shape index (κ3) is 3.56. The number of imidazole rings is 1. The van der Waals surface area contributed by atoms with Crippen molar-refractivity contribution in [2.75, 3.05) is 19.0 Å². The van der Waals surface area contributed by atoms with Gasteiger partial charge in [0.2, 0.25) is 0 Å². The molecule has 0 radical (unpaired) electrons. The number of ether oxygens (including phenoxy) is 1. The molecule has 0 bridgehead atoms. The van der Waals surface area contributed by atoms with Crippen molar-refractivity contribution in [3.63, 3.8) is 0 Å². The first-order chi connectivity index (χ1) is 10.0. The lowest BCUT2D eigenvalue weighted by Crippen LogP contribution is -2.08. The zero-order valence-corrected chi connectivity index (χ0v) is 13.3. The van der Waals surface area contributed by atoms with E-state index in [2.05, 4.69) is 10.1 Å². The van der Waals surface area contributed by atoms with E-state index in [0.29, 0.717) is 13.2 Å². The van der Waals surface area contributed by atoms with E-state index >= 15 is 0 Å². The topological polar surface area (TPSA) is 82.2 Å². The van der Waals surface area contributed by atoms with Crippen LogP contribution in [-0.2, 0) is 23.1 Å². The molecule has 0 amide bonds. The number of hydrogen-bond acceptors (Lipinski definition) is 5. The molecule has 1 N–H and O–H groups in total.